The molecule has 1 fully saturated rings. The third-order valence-electron chi connectivity index (χ3n) is 4.09. The molecule has 0 aromatic carbocycles. The highest BCUT2D eigenvalue weighted by molar-refractivity contribution is 5.93. The second-order valence-electron chi connectivity index (χ2n) is 5.53. The van der Waals surface area contributed by atoms with Crippen molar-refractivity contribution in [1.29, 1.82) is 0 Å². The lowest BCUT2D eigenvalue weighted by Crippen LogP contribution is -2.46. The predicted octanol–water partition coefficient (Wildman–Crippen LogP) is 1.19. The first kappa shape index (κ1) is 14.9. The maximum Gasteiger partial charge on any atom is 0.199 e. The number of aromatic nitrogens is 3. The van der Waals surface area contributed by atoms with Crippen molar-refractivity contribution in [3.8, 4) is 0 Å². The van der Waals surface area contributed by atoms with Crippen LogP contribution in [0.25, 0.3) is 0 Å². The molecule has 0 saturated carbocycles. The van der Waals surface area contributed by atoms with Crippen molar-refractivity contribution in [1.82, 2.24) is 19.7 Å². The molecule has 1 aliphatic heterocycles. The minimum atomic E-state index is -0.000328. The molecule has 1 aliphatic rings. The van der Waals surface area contributed by atoms with E-state index in [4.69, 9.17) is 9.15 Å². The Hall–Kier alpha value is -1.99. The van der Waals surface area contributed by atoms with Crippen molar-refractivity contribution in [3.63, 3.8) is 0 Å². The van der Waals surface area contributed by atoms with Gasteiger partial charge in [-0.1, -0.05) is 0 Å². The zero-order valence-corrected chi connectivity index (χ0v) is 12.9. The van der Waals surface area contributed by atoms with Crippen molar-refractivity contribution >= 4 is 5.78 Å². The number of ketones is 1. The smallest absolute Gasteiger partial charge is 0.199 e. The fourth-order valence-corrected chi connectivity index (χ4v) is 2.61. The van der Waals surface area contributed by atoms with Gasteiger partial charge in [0.1, 0.15) is 11.6 Å². The molecule has 1 saturated heterocycles. The molecule has 0 bridgehead atoms. The molecule has 3 heterocycles. The fraction of sp³-hybridized carbons (Fsp3) is 0.533. The number of Topliss-reactive ketones (excluding diaryl/α,β-unsaturated/α-hetero) is 1. The molecule has 2 aromatic rings. The van der Waals surface area contributed by atoms with Crippen LogP contribution in [0.5, 0.6) is 0 Å². The summed E-state index contributed by atoms with van der Waals surface area (Å²) in [4.78, 5) is 14.5. The summed E-state index contributed by atoms with van der Waals surface area (Å²) in [7, 11) is 1.95. The van der Waals surface area contributed by atoms with E-state index in [1.807, 2.05) is 18.5 Å². The Morgan fingerprint density at radius 2 is 2.32 bits per heavy atom. The highest BCUT2D eigenvalue weighted by Gasteiger charge is 2.27. The molecule has 118 valence electrons. The van der Waals surface area contributed by atoms with E-state index in [0.29, 0.717) is 31.9 Å². The summed E-state index contributed by atoms with van der Waals surface area (Å²) in [6.45, 7) is 4.58. The number of morpholine rings is 1. The van der Waals surface area contributed by atoms with Crippen LogP contribution in [-0.2, 0) is 18.3 Å². The molecule has 0 spiro atoms. The van der Waals surface area contributed by atoms with E-state index < -0.39 is 0 Å². The predicted molar refractivity (Wildman–Crippen MR) is 78.4 cm³/mol. The molecule has 0 aliphatic carbocycles. The highest BCUT2D eigenvalue weighted by atomic mass is 16.5. The number of hydrogen-bond donors (Lipinski definition) is 0. The van der Waals surface area contributed by atoms with Gasteiger partial charge >= 0.3 is 0 Å². The highest BCUT2D eigenvalue weighted by Crippen LogP contribution is 2.17. The van der Waals surface area contributed by atoms with Crippen molar-refractivity contribution < 1.29 is 13.9 Å². The van der Waals surface area contributed by atoms with E-state index in [9.17, 15) is 4.79 Å². The summed E-state index contributed by atoms with van der Waals surface area (Å²) < 4.78 is 12.7. The maximum absolute atomic E-state index is 12.2. The third kappa shape index (κ3) is 3.10. The lowest BCUT2D eigenvalue weighted by atomic mass is 10.1. The average molecular weight is 304 g/mol. The van der Waals surface area contributed by atoms with Crippen LogP contribution in [0.3, 0.4) is 0 Å². The van der Waals surface area contributed by atoms with Gasteiger partial charge in [-0.2, -0.15) is 0 Å². The summed E-state index contributed by atoms with van der Waals surface area (Å²) in [6, 6.07) is 3.45. The number of ether oxygens (including phenoxy) is 1. The van der Waals surface area contributed by atoms with Gasteiger partial charge in [-0.15, -0.1) is 10.2 Å². The topological polar surface area (TPSA) is 73.4 Å². The molecular formula is C15H20N4O3. The Bertz CT molecular complexity index is 635. The summed E-state index contributed by atoms with van der Waals surface area (Å²) in [5.74, 6) is 2.18. The molecule has 0 amide bonds. The van der Waals surface area contributed by atoms with Gasteiger partial charge in [0, 0.05) is 26.1 Å². The van der Waals surface area contributed by atoms with Crippen LogP contribution in [-0.4, -0.2) is 51.2 Å². The first-order valence-electron chi connectivity index (χ1n) is 7.38. The Morgan fingerprint density at radius 1 is 1.45 bits per heavy atom. The van der Waals surface area contributed by atoms with Gasteiger partial charge in [-0.3, -0.25) is 9.69 Å². The summed E-state index contributed by atoms with van der Waals surface area (Å²) >= 11 is 0. The van der Waals surface area contributed by atoms with Crippen LogP contribution < -0.4 is 0 Å². The zero-order valence-electron chi connectivity index (χ0n) is 12.9. The van der Waals surface area contributed by atoms with Crippen LogP contribution in [0.2, 0.25) is 0 Å². The van der Waals surface area contributed by atoms with E-state index in [1.165, 1.54) is 6.26 Å². The van der Waals surface area contributed by atoms with Gasteiger partial charge in [-0.05, 0) is 19.1 Å². The molecule has 1 atom stereocenters. The fourth-order valence-electron chi connectivity index (χ4n) is 2.61. The Morgan fingerprint density at radius 3 is 3.00 bits per heavy atom. The molecule has 0 unspecified atom stereocenters. The lowest BCUT2D eigenvalue weighted by Gasteiger charge is -2.34. The minimum absolute atomic E-state index is 0.000328. The molecule has 0 N–H and O–H groups in total. The quantitative estimate of drug-likeness (QED) is 0.773. The van der Waals surface area contributed by atoms with Gasteiger partial charge in [0.15, 0.2) is 11.5 Å². The average Bonchev–Trinajstić information content (AvgIpc) is 3.15. The molecule has 22 heavy (non-hydrogen) atoms. The van der Waals surface area contributed by atoms with Crippen LogP contribution in [0.4, 0.5) is 0 Å². The molecule has 3 rings (SSSR count). The summed E-state index contributed by atoms with van der Waals surface area (Å²) in [6.07, 6.45) is 1.90. The Kier molecular flexibility index (Phi) is 4.35. The van der Waals surface area contributed by atoms with E-state index in [2.05, 4.69) is 15.1 Å². The normalized spacial score (nSPS) is 19.5. The van der Waals surface area contributed by atoms with E-state index in [1.54, 1.807) is 12.1 Å². The number of carbonyl (C=O) groups excluding carboxylic acids is 1. The van der Waals surface area contributed by atoms with E-state index >= 15 is 0 Å². The van der Waals surface area contributed by atoms with Gasteiger partial charge < -0.3 is 13.7 Å². The van der Waals surface area contributed by atoms with Crippen LogP contribution in [0.15, 0.2) is 22.8 Å². The van der Waals surface area contributed by atoms with Crippen LogP contribution in [0, 0.1) is 6.92 Å². The Labute approximate surface area is 128 Å². The van der Waals surface area contributed by atoms with Gasteiger partial charge in [0.05, 0.1) is 26.0 Å². The summed E-state index contributed by atoms with van der Waals surface area (Å²) in [5.41, 5.74) is 0. The molecule has 0 radical (unpaired) electrons. The van der Waals surface area contributed by atoms with E-state index in [0.717, 1.165) is 18.2 Å². The molecular weight excluding hydrogens is 284 g/mol. The monoisotopic (exact) mass is 304 g/mol. The van der Waals surface area contributed by atoms with Gasteiger partial charge in [-0.25, -0.2) is 0 Å². The number of hydrogen-bond acceptors (Lipinski definition) is 6. The number of furan rings is 1. The van der Waals surface area contributed by atoms with E-state index in [-0.39, 0.29) is 11.8 Å². The van der Waals surface area contributed by atoms with Crippen molar-refractivity contribution in [2.75, 3.05) is 19.8 Å². The molecule has 7 heteroatoms. The van der Waals surface area contributed by atoms with Gasteiger partial charge in [0.2, 0.25) is 0 Å². The van der Waals surface area contributed by atoms with Crippen molar-refractivity contribution in [3.05, 3.63) is 35.8 Å². The number of carbonyl (C=O) groups is 1. The number of aryl methyl sites for hydroxylation is 1. The lowest BCUT2D eigenvalue weighted by molar-refractivity contribution is -0.0142. The molecule has 2 aromatic heterocycles. The first-order valence-corrected chi connectivity index (χ1v) is 7.38. The SMILES string of the molecule is Cc1nnc(CN2CCOC[C@@H]2CC(=O)c2ccco2)n1C. The second-order valence-corrected chi connectivity index (χ2v) is 5.53. The van der Waals surface area contributed by atoms with Gasteiger partial charge in [0.25, 0.3) is 0 Å². The standard InChI is InChI=1S/C15H20N4O3/c1-11-16-17-15(18(11)2)9-19-5-7-21-10-12(19)8-13(20)14-4-3-6-22-14/h3-4,6,12H,5,7-10H2,1-2H3/t12-/m0/s1. The van der Waals surface area contributed by atoms with Crippen LogP contribution in [0.1, 0.15) is 28.6 Å². The third-order valence-corrected chi connectivity index (χ3v) is 4.09. The summed E-state index contributed by atoms with van der Waals surface area (Å²) in [5, 5.41) is 8.28. The first-order chi connectivity index (χ1) is 10.6. The molecule has 7 nitrogen and oxygen atoms in total. The maximum atomic E-state index is 12.2. The number of nitrogens with zero attached hydrogens (tertiary/aromatic N) is 4. The second kappa shape index (κ2) is 6.41. The minimum Gasteiger partial charge on any atom is -0.461 e. The van der Waals surface area contributed by atoms with Crippen molar-refractivity contribution in [2.45, 2.75) is 25.9 Å². The van der Waals surface area contributed by atoms with Crippen molar-refractivity contribution in [2.24, 2.45) is 7.05 Å². The Balaban J connectivity index is 1.68. The largest absolute Gasteiger partial charge is 0.461 e. The number of rotatable bonds is 5. The zero-order chi connectivity index (χ0) is 15.5. The van der Waals surface area contributed by atoms with Crippen LogP contribution >= 0.6 is 0 Å².